The zero-order chi connectivity index (χ0) is 19.8. The van der Waals surface area contributed by atoms with E-state index in [-0.39, 0.29) is 41.7 Å². The van der Waals surface area contributed by atoms with Crippen molar-refractivity contribution in [2.75, 3.05) is 19.6 Å². The van der Waals surface area contributed by atoms with Crippen LogP contribution in [0.4, 0.5) is 0 Å². The van der Waals surface area contributed by atoms with Crippen molar-refractivity contribution in [3.05, 3.63) is 59.7 Å². The second-order valence-corrected chi connectivity index (χ2v) is 6.90. The standard InChI is InChI=1S/C8H17N2.2C8H11.Ce/c1-4-7-10(6-3)8-9-5-2;2*1-7(2)8-5-3-4-6-8;/h4-7H2,1-3H3;2*3-7H,1-2H3;/q3*-1;+3. The number of hydrogen-bond donors (Lipinski definition) is 0. The Morgan fingerprint density at radius 2 is 1.22 bits per heavy atom. The first-order valence-electron chi connectivity index (χ1n) is 10.1. The minimum atomic E-state index is 0. The summed E-state index contributed by atoms with van der Waals surface area (Å²) in [5, 5.41) is 0. The Morgan fingerprint density at radius 3 is 1.44 bits per heavy atom. The van der Waals surface area contributed by atoms with Gasteiger partial charge >= 0.3 is 41.7 Å². The van der Waals surface area contributed by atoms with Gasteiger partial charge < -0.3 is 9.89 Å². The second kappa shape index (κ2) is 18.9. The monoisotopic (exact) mass is 495 g/mol. The summed E-state index contributed by atoms with van der Waals surface area (Å²) in [5.74, 6) is 1.37. The van der Waals surface area contributed by atoms with Crippen LogP contribution < -0.4 is 0 Å². The predicted molar refractivity (Wildman–Crippen MR) is 118 cm³/mol. The molecule has 2 rings (SSSR count). The van der Waals surface area contributed by atoms with Crippen molar-refractivity contribution in [3.63, 3.8) is 0 Å². The Hall–Kier alpha value is -0.453. The Kier molecular flexibility index (Phi) is 20.1. The molecule has 0 saturated carbocycles. The third-order valence-corrected chi connectivity index (χ3v) is 3.96. The largest absolute Gasteiger partial charge is 3.00 e. The minimum Gasteiger partial charge on any atom is -0.538 e. The van der Waals surface area contributed by atoms with E-state index in [0.717, 1.165) is 19.6 Å². The molecular formula is C24H39CeN2. The van der Waals surface area contributed by atoms with Crippen molar-refractivity contribution in [3.8, 4) is 0 Å². The van der Waals surface area contributed by atoms with Crippen LogP contribution in [0, 0.1) is 41.7 Å². The molecular weight excluding hydrogens is 456 g/mol. The maximum atomic E-state index is 4.04. The van der Waals surface area contributed by atoms with E-state index in [2.05, 4.69) is 106 Å². The molecule has 0 aliphatic rings. The second-order valence-electron chi connectivity index (χ2n) is 6.90. The molecule has 27 heavy (non-hydrogen) atoms. The average molecular weight is 496 g/mol. The zero-order valence-corrected chi connectivity index (χ0v) is 21.6. The van der Waals surface area contributed by atoms with Crippen LogP contribution in [0.2, 0.25) is 0 Å². The summed E-state index contributed by atoms with van der Waals surface area (Å²) in [6.07, 6.45) is 4.15. The third-order valence-electron chi connectivity index (χ3n) is 3.96. The number of rotatable bonds is 7. The van der Waals surface area contributed by atoms with Crippen LogP contribution in [0.1, 0.15) is 77.8 Å². The number of aliphatic imine (C=N–C) groups is 1. The zero-order valence-electron chi connectivity index (χ0n) is 18.5. The van der Waals surface area contributed by atoms with Crippen LogP contribution in [0.3, 0.4) is 0 Å². The van der Waals surface area contributed by atoms with Gasteiger partial charge in [-0.15, -0.1) is 0 Å². The SMILES string of the molecule is CC(C)[c-]1cccc1.CC(C)[c-]1cccc1.CCCN([C-]=NCC)CC.[Ce+3]. The van der Waals surface area contributed by atoms with Crippen molar-refractivity contribution in [2.24, 2.45) is 4.99 Å². The molecule has 2 aromatic carbocycles. The molecule has 0 aromatic heterocycles. The van der Waals surface area contributed by atoms with Gasteiger partial charge in [-0.25, -0.2) is 24.3 Å². The van der Waals surface area contributed by atoms with Crippen molar-refractivity contribution in [1.29, 1.82) is 0 Å². The van der Waals surface area contributed by atoms with Gasteiger partial charge in [0.05, 0.1) is 0 Å². The van der Waals surface area contributed by atoms with Gasteiger partial charge in [0.1, 0.15) is 0 Å². The van der Waals surface area contributed by atoms with Crippen LogP contribution in [0.25, 0.3) is 0 Å². The molecule has 0 unspecified atom stereocenters. The Labute approximate surface area is 202 Å². The molecule has 0 spiro atoms. The molecule has 0 saturated heterocycles. The average Bonchev–Trinajstić information content (AvgIpc) is 3.33. The summed E-state index contributed by atoms with van der Waals surface area (Å²) < 4.78 is 0. The van der Waals surface area contributed by atoms with E-state index >= 15 is 0 Å². The first kappa shape index (κ1) is 28.8. The van der Waals surface area contributed by atoms with Gasteiger partial charge in [-0.3, -0.25) is 6.34 Å². The first-order chi connectivity index (χ1) is 12.5. The van der Waals surface area contributed by atoms with E-state index in [0.29, 0.717) is 11.8 Å². The maximum Gasteiger partial charge on any atom is 3.00 e. The molecule has 0 atom stereocenters. The molecule has 149 valence electrons. The van der Waals surface area contributed by atoms with E-state index in [4.69, 9.17) is 0 Å². The van der Waals surface area contributed by atoms with E-state index in [1.54, 1.807) is 0 Å². The predicted octanol–water partition coefficient (Wildman–Crippen LogP) is 6.70. The molecule has 0 aliphatic heterocycles. The fourth-order valence-electron chi connectivity index (χ4n) is 2.27. The quantitative estimate of drug-likeness (QED) is 0.181. The van der Waals surface area contributed by atoms with Gasteiger partial charge in [0.15, 0.2) is 0 Å². The molecule has 0 heterocycles. The van der Waals surface area contributed by atoms with E-state index in [9.17, 15) is 0 Å². The van der Waals surface area contributed by atoms with Gasteiger partial charge in [0, 0.05) is 0 Å². The van der Waals surface area contributed by atoms with Crippen LogP contribution >= 0.6 is 0 Å². The van der Waals surface area contributed by atoms with Crippen LogP contribution in [-0.4, -0.2) is 30.9 Å². The molecule has 0 N–H and O–H groups in total. The van der Waals surface area contributed by atoms with E-state index < -0.39 is 0 Å². The summed E-state index contributed by atoms with van der Waals surface area (Å²) in [7, 11) is 0. The Morgan fingerprint density at radius 1 is 0.815 bits per heavy atom. The summed E-state index contributed by atoms with van der Waals surface area (Å²) in [5.41, 5.74) is 2.87. The van der Waals surface area contributed by atoms with Gasteiger partial charge in [0.25, 0.3) is 0 Å². The summed E-state index contributed by atoms with van der Waals surface area (Å²) in [6, 6.07) is 16.9. The smallest absolute Gasteiger partial charge is 0.538 e. The summed E-state index contributed by atoms with van der Waals surface area (Å²) in [4.78, 5) is 6.14. The van der Waals surface area contributed by atoms with Crippen molar-refractivity contribution < 1.29 is 41.7 Å². The Balaban J connectivity index is 0. The number of hydrogen-bond acceptors (Lipinski definition) is 1. The van der Waals surface area contributed by atoms with Gasteiger partial charge in [-0.1, -0.05) is 53.4 Å². The normalized spacial score (nSPS) is 10.1. The topological polar surface area (TPSA) is 15.6 Å². The first-order valence-corrected chi connectivity index (χ1v) is 10.1. The molecule has 0 bridgehead atoms. The van der Waals surface area contributed by atoms with Crippen molar-refractivity contribution in [1.82, 2.24) is 4.90 Å². The van der Waals surface area contributed by atoms with Crippen LogP contribution in [-0.2, 0) is 0 Å². The Bertz CT molecular complexity index is 486. The fraction of sp³-hybridized carbons (Fsp3) is 0.542. The molecule has 3 heteroatoms. The molecule has 2 aromatic rings. The maximum absolute atomic E-state index is 4.04. The molecule has 2 nitrogen and oxygen atoms in total. The van der Waals surface area contributed by atoms with Gasteiger partial charge in [-0.05, 0) is 33.0 Å². The molecule has 0 fully saturated rings. The number of nitrogens with zero attached hydrogens (tertiary/aromatic N) is 2. The van der Waals surface area contributed by atoms with Gasteiger partial charge in [0.2, 0.25) is 0 Å². The van der Waals surface area contributed by atoms with Crippen molar-refractivity contribution >= 4 is 6.34 Å². The molecule has 0 amide bonds. The fourth-order valence-corrected chi connectivity index (χ4v) is 2.27. The molecule has 0 aliphatic carbocycles. The van der Waals surface area contributed by atoms with Crippen molar-refractivity contribution in [2.45, 2.75) is 66.7 Å². The third kappa shape index (κ3) is 15.2. The summed E-state index contributed by atoms with van der Waals surface area (Å²) in [6.45, 7) is 18.0. The minimum absolute atomic E-state index is 0. The van der Waals surface area contributed by atoms with E-state index in [1.165, 1.54) is 17.5 Å². The molecule has 1 radical (unpaired) electrons. The summed E-state index contributed by atoms with van der Waals surface area (Å²) >= 11 is 0. The van der Waals surface area contributed by atoms with Crippen LogP contribution in [0.5, 0.6) is 0 Å². The van der Waals surface area contributed by atoms with Gasteiger partial charge in [-0.2, -0.15) is 35.4 Å². The van der Waals surface area contributed by atoms with E-state index in [1.807, 2.05) is 6.92 Å². The van der Waals surface area contributed by atoms with Crippen LogP contribution in [0.15, 0.2) is 53.5 Å².